The van der Waals surface area contributed by atoms with Crippen molar-refractivity contribution in [3.05, 3.63) is 53.6 Å². The number of hydrogen-bond acceptors (Lipinski definition) is 3. The standard InChI is InChI=1S/C13H13N3O/c1-10-8-12(16(2)15-10)5-6-13(17)11-4-3-7-14-9-11/h3-9H,1-2H3/b6-5+. The van der Waals surface area contributed by atoms with Crippen molar-refractivity contribution in [2.24, 2.45) is 7.05 Å². The molecule has 86 valence electrons. The maximum atomic E-state index is 11.8. The van der Waals surface area contributed by atoms with E-state index < -0.39 is 0 Å². The number of ketones is 1. The van der Waals surface area contributed by atoms with Gasteiger partial charge < -0.3 is 0 Å². The molecule has 0 unspecified atom stereocenters. The van der Waals surface area contributed by atoms with Crippen molar-refractivity contribution >= 4 is 11.9 Å². The van der Waals surface area contributed by atoms with E-state index >= 15 is 0 Å². The predicted octanol–water partition coefficient (Wildman–Crippen LogP) is 2.02. The van der Waals surface area contributed by atoms with Crippen LogP contribution in [-0.4, -0.2) is 20.5 Å². The van der Waals surface area contributed by atoms with Crippen LogP contribution in [0.5, 0.6) is 0 Å². The largest absolute Gasteiger partial charge is 0.289 e. The Kier molecular flexibility index (Phi) is 3.14. The van der Waals surface area contributed by atoms with Crippen molar-refractivity contribution in [1.29, 1.82) is 0 Å². The molecule has 0 aliphatic rings. The SMILES string of the molecule is Cc1cc(/C=C/C(=O)c2cccnc2)n(C)n1. The quantitative estimate of drug-likeness (QED) is 0.595. The van der Waals surface area contributed by atoms with E-state index in [0.29, 0.717) is 5.56 Å². The highest BCUT2D eigenvalue weighted by molar-refractivity contribution is 6.06. The number of carbonyl (C=O) groups is 1. The van der Waals surface area contributed by atoms with Crippen LogP contribution < -0.4 is 0 Å². The summed E-state index contributed by atoms with van der Waals surface area (Å²) in [6.07, 6.45) is 6.49. The van der Waals surface area contributed by atoms with Gasteiger partial charge in [-0.1, -0.05) is 0 Å². The number of allylic oxidation sites excluding steroid dienone is 1. The molecule has 0 bridgehead atoms. The normalized spacial score (nSPS) is 10.9. The summed E-state index contributed by atoms with van der Waals surface area (Å²) in [7, 11) is 1.85. The molecule has 4 nitrogen and oxygen atoms in total. The lowest BCUT2D eigenvalue weighted by molar-refractivity contribution is 0.104. The van der Waals surface area contributed by atoms with Crippen LogP contribution in [0, 0.1) is 6.92 Å². The van der Waals surface area contributed by atoms with E-state index in [1.165, 1.54) is 6.08 Å². The molecule has 0 spiro atoms. The zero-order valence-electron chi connectivity index (χ0n) is 9.79. The van der Waals surface area contributed by atoms with Crippen LogP contribution in [0.15, 0.2) is 36.7 Å². The lowest BCUT2D eigenvalue weighted by Gasteiger charge is -1.95. The van der Waals surface area contributed by atoms with Gasteiger partial charge >= 0.3 is 0 Å². The molecule has 2 heterocycles. The van der Waals surface area contributed by atoms with Crippen LogP contribution >= 0.6 is 0 Å². The molecule has 0 aliphatic heterocycles. The summed E-state index contributed by atoms with van der Waals surface area (Å²) in [6, 6.07) is 5.41. The highest BCUT2D eigenvalue weighted by Crippen LogP contribution is 2.06. The number of aromatic nitrogens is 3. The zero-order valence-corrected chi connectivity index (χ0v) is 9.79. The van der Waals surface area contributed by atoms with Crippen LogP contribution in [0.3, 0.4) is 0 Å². The summed E-state index contributed by atoms with van der Waals surface area (Å²) < 4.78 is 1.74. The first-order chi connectivity index (χ1) is 8.16. The molecule has 0 aromatic carbocycles. The lowest BCUT2D eigenvalue weighted by atomic mass is 10.2. The van der Waals surface area contributed by atoms with Crippen LogP contribution in [-0.2, 0) is 7.05 Å². The van der Waals surface area contributed by atoms with Gasteiger partial charge in [-0.15, -0.1) is 0 Å². The van der Waals surface area contributed by atoms with E-state index in [-0.39, 0.29) is 5.78 Å². The summed E-state index contributed by atoms with van der Waals surface area (Å²) in [5.41, 5.74) is 2.42. The molecule has 0 saturated heterocycles. The number of aryl methyl sites for hydroxylation is 2. The average Bonchev–Trinajstić information content (AvgIpc) is 2.66. The molecule has 0 aliphatic carbocycles. The van der Waals surface area contributed by atoms with Gasteiger partial charge in [0.2, 0.25) is 0 Å². The first-order valence-electron chi connectivity index (χ1n) is 5.30. The second-order valence-corrected chi connectivity index (χ2v) is 3.77. The number of carbonyl (C=O) groups excluding carboxylic acids is 1. The number of rotatable bonds is 3. The van der Waals surface area contributed by atoms with E-state index in [4.69, 9.17) is 0 Å². The van der Waals surface area contributed by atoms with E-state index in [1.54, 1.807) is 35.3 Å². The molecule has 2 aromatic heterocycles. The van der Waals surface area contributed by atoms with E-state index in [1.807, 2.05) is 20.0 Å². The smallest absolute Gasteiger partial charge is 0.187 e. The Hall–Kier alpha value is -2.23. The summed E-state index contributed by atoms with van der Waals surface area (Å²) in [5.74, 6) is -0.0584. The molecule has 0 amide bonds. The van der Waals surface area contributed by atoms with Crippen LogP contribution in [0.2, 0.25) is 0 Å². The summed E-state index contributed by atoms with van der Waals surface area (Å²) in [5, 5.41) is 4.20. The molecule has 0 fully saturated rings. The molecular weight excluding hydrogens is 214 g/mol. The fraction of sp³-hybridized carbons (Fsp3) is 0.154. The molecule has 0 radical (unpaired) electrons. The third-order valence-corrected chi connectivity index (χ3v) is 2.39. The van der Waals surface area contributed by atoms with Crippen molar-refractivity contribution in [2.75, 3.05) is 0 Å². The van der Waals surface area contributed by atoms with Gasteiger partial charge in [0.15, 0.2) is 5.78 Å². The van der Waals surface area contributed by atoms with Gasteiger partial charge in [0.05, 0.1) is 11.4 Å². The number of pyridine rings is 1. The van der Waals surface area contributed by atoms with Crippen LogP contribution in [0.25, 0.3) is 6.08 Å². The Morgan fingerprint density at radius 2 is 2.29 bits per heavy atom. The minimum absolute atomic E-state index is 0.0584. The molecule has 2 rings (SSSR count). The minimum Gasteiger partial charge on any atom is -0.289 e. The van der Waals surface area contributed by atoms with Crippen molar-refractivity contribution in [3.8, 4) is 0 Å². The van der Waals surface area contributed by atoms with Gasteiger partial charge in [-0.05, 0) is 37.3 Å². The topological polar surface area (TPSA) is 47.8 Å². The summed E-state index contributed by atoms with van der Waals surface area (Å²) in [6.45, 7) is 1.92. The lowest BCUT2D eigenvalue weighted by Crippen LogP contribution is -1.96. The van der Waals surface area contributed by atoms with Crippen molar-refractivity contribution in [1.82, 2.24) is 14.8 Å². The van der Waals surface area contributed by atoms with Gasteiger partial charge in [-0.3, -0.25) is 14.5 Å². The second-order valence-electron chi connectivity index (χ2n) is 3.77. The van der Waals surface area contributed by atoms with Gasteiger partial charge in [-0.25, -0.2) is 0 Å². The predicted molar refractivity (Wildman–Crippen MR) is 65.5 cm³/mol. The number of nitrogens with zero attached hydrogens (tertiary/aromatic N) is 3. The average molecular weight is 227 g/mol. The van der Waals surface area contributed by atoms with Crippen LogP contribution in [0.4, 0.5) is 0 Å². The molecular formula is C13H13N3O. The Morgan fingerprint density at radius 3 is 2.88 bits per heavy atom. The van der Waals surface area contributed by atoms with Crippen molar-refractivity contribution in [3.63, 3.8) is 0 Å². The van der Waals surface area contributed by atoms with Crippen molar-refractivity contribution in [2.45, 2.75) is 6.92 Å². The Morgan fingerprint density at radius 1 is 1.47 bits per heavy atom. The first-order valence-corrected chi connectivity index (χ1v) is 5.30. The van der Waals surface area contributed by atoms with Gasteiger partial charge in [0, 0.05) is 25.0 Å². The molecule has 0 saturated carbocycles. The van der Waals surface area contributed by atoms with Crippen LogP contribution in [0.1, 0.15) is 21.7 Å². The maximum Gasteiger partial charge on any atom is 0.187 e. The maximum absolute atomic E-state index is 11.8. The summed E-state index contributed by atoms with van der Waals surface area (Å²) >= 11 is 0. The van der Waals surface area contributed by atoms with E-state index in [2.05, 4.69) is 10.1 Å². The van der Waals surface area contributed by atoms with E-state index in [0.717, 1.165) is 11.4 Å². The molecule has 0 N–H and O–H groups in total. The number of hydrogen-bond donors (Lipinski definition) is 0. The first kappa shape index (κ1) is 11.3. The Balaban J connectivity index is 2.17. The monoisotopic (exact) mass is 227 g/mol. The van der Waals surface area contributed by atoms with Gasteiger partial charge in [-0.2, -0.15) is 5.10 Å². The molecule has 0 atom stereocenters. The fourth-order valence-electron chi connectivity index (χ4n) is 1.55. The third-order valence-electron chi connectivity index (χ3n) is 2.39. The van der Waals surface area contributed by atoms with Gasteiger partial charge in [0.1, 0.15) is 0 Å². The molecule has 17 heavy (non-hydrogen) atoms. The minimum atomic E-state index is -0.0584. The zero-order chi connectivity index (χ0) is 12.3. The second kappa shape index (κ2) is 4.74. The highest BCUT2D eigenvalue weighted by Gasteiger charge is 2.02. The Labute approximate surface area is 99.6 Å². The van der Waals surface area contributed by atoms with E-state index in [9.17, 15) is 4.79 Å². The molecule has 2 aromatic rings. The summed E-state index contributed by atoms with van der Waals surface area (Å²) in [4.78, 5) is 15.7. The van der Waals surface area contributed by atoms with Crippen molar-refractivity contribution < 1.29 is 4.79 Å². The van der Waals surface area contributed by atoms with Gasteiger partial charge in [0.25, 0.3) is 0 Å². The molecule has 4 heteroatoms. The third kappa shape index (κ3) is 2.66. The highest BCUT2D eigenvalue weighted by atomic mass is 16.1. The Bertz CT molecular complexity index is 555. The fourth-order valence-corrected chi connectivity index (χ4v) is 1.55.